The van der Waals surface area contributed by atoms with Gasteiger partial charge < -0.3 is 20.6 Å². The predicted octanol–water partition coefficient (Wildman–Crippen LogP) is 0.871. The number of ether oxygens (including phenoxy) is 1. The van der Waals surface area contributed by atoms with Crippen LogP contribution in [-0.4, -0.2) is 48.8 Å². The Morgan fingerprint density at radius 2 is 2.12 bits per heavy atom. The Morgan fingerprint density at radius 1 is 1.50 bits per heavy atom. The van der Waals surface area contributed by atoms with E-state index in [2.05, 4.69) is 17.0 Å². The van der Waals surface area contributed by atoms with Gasteiger partial charge in [0.05, 0.1) is 6.61 Å². The lowest BCUT2D eigenvalue weighted by atomic mass is 9.79. The molecule has 1 saturated heterocycles. The molecule has 16 heavy (non-hydrogen) atoms. The Bertz CT molecular complexity index is 235. The molecule has 0 unspecified atom stereocenters. The number of hydrogen-bond acceptors (Lipinski definition) is 4. The molecule has 94 valence electrons. The number of rotatable bonds is 5. The van der Waals surface area contributed by atoms with E-state index in [-0.39, 0.29) is 5.41 Å². The van der Waals surface area contributed by atoms with Crippen molar-refractivity contribution in [3.8, 4) is 0 Å². The van der Waals surface area contributed by atoms with E-state index in [1.54, 1.807) is 0 Å². The van der Waals surface area contributed by atoms with Crippen LogP contribution in [0.5, 0.6) is 0 Å². The first-order valence-corrected chi connectivity index (χ1v) is 5.90. The predicted molar refractivity (Wildman–Crippen MR) is 63.7 cm³/mol. The molecule has 0 amide bonds. The van der Waals surface area contributed by atoms with Gasteiger partial charge in [0.15, 0.2) is 0 Å². The van der Waals surface area contributed by atoms with Gasteiger partial charge in [0.2, 0.25) is 0 Å². The van der Waals surface area contributed by atoms with Crippen molar-refractivity contribution in [2.24, 2.45) is 16.3 Å². The second-order valence-electron chi connectivity index (χ2n) is 4.58. The summed E-state index contributed by atoms with van der Waals surface area (Å²) in [6.45, 7) is 8.57. The minimum Gasteiger partial charge on any atom is -0.409 e. The second kappa shape index (κ2) is 6.06. The average molecular weight is 229 g/mol. The van der Waals surface area contributed by atoms with Gasteiger partial charge >= 0.3 is 0 Å². The highest BCUT2D eigenvalue weighted by Gasteiger charge is 2.33. The van der Waals surface area contributed by atoms with Gasteiger partial charge in [-0.15, -0.1) is 0 Å². The first-order chi connectivity index (χ1) is 7.62. The highest BCUT2D eigenvalue weighted by atomic mass is 16.5. The molecule has 0 bridgehead atoms. The summed E-state index contributed by atoms with van der Waals surface area (Å²) in [5, 5.41) is 11.9. The standard InChI is InChI=1S/C11H23N3O2/c1-3-16-9-8-14-6-4-11(2,5-7-14)10(12)13-15/h15H,3-9H2,1-2H3,(H2,12,13). The summed E-state index contributed by atoms with van der Waals surface area (Å²) in [5.41, 5.74) is 5.56. The monoisotopic (exact) mass is 229 g/mol. The zero-order chi connectivity index (χ0) is 12.0. The third-order valence-electron chi connectivity index (χ3n) is 3.44. The largest absolute Gasteiger partial charge is 0.409 e. The first-order valence-electron chi connectivity index (χ1n) is 5.90. The van der Waals surface area contributed by atoms with Crippen LogP contribution < -0.4 is 5.73 Å². The Kier molecular flexibility index (Phi) is 5.02. The van der Waals surface area contributed by atoms with Crippen molar-refractivity contribution in [2.75, 3.05) is 32.8 Å². The zero-order valence-electron chi connectivity index (χ0n) is 10.3. The lowest BCUT2D eigenvalue weighted by Gasteiger charge is -2.38. The molecule has 0 aromatic carbocycles. The van der Waals surface area contributed by atoms with Crippen LogP contribution >= 0.6 is 0 Å². The van der Waals surface area contributed by atoms with E-state index in [1.807, 2.05) is 6.92 Å². The van der Waals surface area contributed by atoms with Gasteiger partial charge in [0.1, 0.15) is 5.84 Å². The van der Waals surface area contributed by atoms with Gasteiger partial charge in [-0.05, 0) is 32.9 Å². The van der Waals surface area contributed by atoms with E-state index in [0.29, 0.717) is 5.84 Å². The minimum absolute atomic E-state index is 0.142. The molecule has 0 aromatic heterocycles. The molecule has 0 saturated carbocycles. The fourth-order valence-electron chi connectivity index (χ4n) is 1.99. The summed E-state index contributed by atoms with van der Waals surface area (Å²) in [4.78, 5) is 2.36. The quantitative estimate of drug-likeness (QED) is 0.241. The normalized spacial score (nSPS) is 22.2. The van der Waals surface area contributed by atoms with Gasteiger partial charge in [0.25, 0.3) is 0 Å². The van der Waals surface area contributed by atoms with Crippen LogP contribution in [0.15, 0.2) is 5.16 Å². The minimum atomic E-state index is -0.142. The van der Waals surface area contributed by atoms with Crippen molar-refractivity contribution >= 4 is 5.84 Å². The molecule has 0 spiro atoms. The van der Waals surface area contributed by atoms with Gasteiger partial charge in [-0.25, -0.2) is 0 Å². The molecule has 1 fully saturated rings. The van der Waals surface area contributed by atoms with Crippen LogP contribution in [0.25, 0.3) is 0 Å². The molecule has 0 aliphatic carbocycles. The van der Waals surface area contributed by atoms with Crippen molar-refractivity contribution < 1.29 is 9.94 Å². The summed E-state index contributed by atoms with van der Waals surface area (Å²) < 4.78 is 5.33. The molecule has 1 rings (SSSR count). The van der Waals surface area contributed by atoms with Crippen LogP contribution in [0.3, 0.4) is 0 Å². The third-order valence-corrected chi connectivity index (χ3v) is 3.44. The maximum atomic E-state index is 8.72. The third kappa shape index (κ3) is 3.35. The smallest absolute Gasteiger partial charge is 0.145 e. The Labute approximate surface area is 97.2 Å². The summed E-state index contributed by atoms with van der Waals surface area (Å²) in [5.74, 6) is 0.358. The Morgan fingerprint density at radius 3 is 2.62 bits per heavy atom. The van der Waals surface area contributed by atoms with Crippen LogP contribution in [0.4, 0.5) is 0 Å². The van der Waals surface area contributed by atoms with Gasteiger partial charge in [-0.1, -0.05) is 12.1 Å². The first kappa shape index (κ1) is 13.3. The lowest BCUT2D eigenvalue weighted by molar-refractivity contribution is 0.0889. The van der Waals surface area contributed by atoms with E-state index in [4.69, 9.17) is 15.7 Å². The fourth-order valence-corrected chi connectivity index (χ4v) is 1.99. The van der Waals surface area contributed by atoms with Crippen molar-refractivity contribution in [1.29, 1.82) is 0 Å². The topological polar surface area (TPSA) is 71.1 Å². The molecule has 0 radical (unpaired) electrons. The van der Waals surface area contributed by atoms with E-state index >= 15 is 0 Å². The van der Waals surface area contributed by atoms with Crippen molar-refractivity contribution in [2.45, 2.75) is 26.7 Å². The highest BCUT2D eigenvalue weighted by Crippen LogP contribution is 2.30. The van der Waals surface area contributed by atoms with Crippen molar-refractivity contribution in [1.82, 2.24) is 4.90 Å². The summed E-state index contributed by atoms with van der Waals surface area (Å²) in [6, 6.07) is 0. The van der Waals surface area contributed by atoms with Gasteiger partial charge in [0, 0.05) is 18.6 Å². The molecule has 1 aliphatic rings. The molecule has 3 N–H and O–H groups in total. The summed E-state index contributed by atoms with van der Waals surface area (Å²) in [7, 11) is 0. The zero-order valence-corrected chi connectivity index (χ0v) is 10.3. The molecule has 5 heteroatoms. The van der Waals surface area contributed by atoms with Crippen LogP contribution in [-0.2, 0) is 4.74 Å². The van der Waals surface area contributed by atoms with Crippen molar-refractivity contribution in [3.63, 3.8) is 0 Å². The maximum Gasteiger partial charge on any atom is 0.145 e. The van der Waals surface area contributed by atoms with Gasteiger partial charge in [-0.2, -0.15) is 0 Å². The molecule has 1 heterocycles. The number of likely N-dealkylation sites (tertiary alicyclic amines) is 1. The number of nitrogens with two attached hydrogens (primary N) is 1. The Balaban J connectivity index is 2.33. The molecule has 0 atom stereocenters. The average Bonchev–Trinajstić information content (AvgIpc) is 2.31. The van der Waals surface area contributed by atoms with E-state index in [0.717, 1.165) is 45.7 Å². The van der Waals surface area contributed by atoms with Crippen LogP contribution in [0.2, 0.25) is 0 Å². The fraction of sp³-hybridized carbons (Fsp3) is 0.909. The number of oxime groups is 1. The summed E-state index contributed by atoms with van der Waals surface area (Å²) in [6.07, 6.45) is 1.88. The van der Waals surface area contributed by atoms with Gasteiger partial charge in [-0.3, -0.25) is 0 Å². The molecular weight excluding hydrogens is 206 g/mol. The van der Waals surface area contributed by atoms with Crippen LogP contribution in [0, 0.1) is 5.41 Å². The number of piperidine rings is 1. The maximum absolute atomic E-state index is 8.72. The number of amidine groups is 1. The van der Waals surface area contributed by atoms with E-state index in [1.165, 1.54) is 0 Å². The molecule has 5 nitrogen and oxygen atoms in total. The number of hydrogen-bond donors (Lipinski definition) is 2. The molecular formula is C11H23N3O2. The SMILES string of the molecule is CCOCCN1CCC(C)(C(N)=NO)CC1. The lowest BCUT2D eigenvalue weighted by Crippen LogP contribution is -2.46. The highest BCUT2D eigenvalue weighted by molar-refractivity contribution is 5.85. The number of nitrogens with zero attached hydrogens (tertiary/aromatic N) is 2. The molecule has 0 aromatic rings. The molecule has 1 aliphatic heterocycles. The summed E-state index contributed by atoms with van der Waals surface area (Å²) >= 11 is 0. The van der Waals surface area contributed by atoms with E-state index < -0.39 is 0 Å². The van der Waals surface area contributed by atoms with Crippen molar-refractivity contribution in [3.05, 3.63) is 0 Å². The second-order valence-corrected chi connectivity index (χ2v) is 4.58. The van der Waals surface area contributed by atoms with Crippen LogP contribution in [0.1, 0.15) is 26.7 Å². The Hall–Kier alpha value is -0.810. The van der Waals surface area contributed by atoms with E-state index in [9.17, 15) is 0 Å².